The normalized spacial score (nSPS) is 11.9. The van der Waals surface area contributed by atoms with Gasteiger partial charge < -0.3 is 19.9 Å². The van der Waals surface area contributed by atoms with E-state index in [0.717, 1.165) is 0 Å². The minimum Gasteiger partial charge on any atom is -0.490 e. The quantitative estimate of drug-likeness (QED) is 0.804. The third-order valence-electron chi connectivity index (χ3n) is 2.60. The van der Waals surface area contributed by atoms with Crippen molar-refractivity contribution in [3.63, 3.8) is 0 Å². The lowest BCUT2D eigenvalue weighted by molar-refractivity contribution is -0.127. The van der Waals surface area contributed by atoms with Crippen molar-refractivity contribution >= 4 is 11.9 Å². The maximum absolute atomic E-state index is 11.9. The van der Waals surface area contributed by atoms with E-state index in [-0.39, 0.29) is 23.3 Å². The van der Waals surface area contributed by atoms with Crippen LogP contribution in [0, 0.1) is 0 Å². The van der Waals surface area contributed by atoms with E-state index in [4.69, 9.17) is 9.47 Å². The summed E-state index contributed by atoms with van der Waals surface area (Å²) in [5.74, 6) is -1.07. The number of carboxylic acid groups (broad SMARTS) is 1. The maximum Gasteiger partial charge on any atom is 0.339 e. The largest absolute Gasteiger partial charge is 0.490 e. The van der Waals surface area contributed by atoms with Crippen LogP contribution >= 0.6 is 0 Å². The van der Waals surface area contributed by atoms with Gasteiger partial charge in [-0.1, -0.05) is 6.07 Å². The summed E-state index contributed by atoms with van der Waals surface area (Å²) in [6.07, 6.45) is -0.827. The summed E-state index contributed by atoms with van der Waals surface area (Å²) < 4.78 is 10.9. The van der Waals surface area contributed by atoms with E-state index in [1.165, 1.54) is 6.07 Å². The van der Waals surface area contributed by atoms with Crippen LogP contribution in [0.5, 0.6) is 11.5 Å². The summed E-state index contributed by atoms with van der Waals surface area (Å²) >= 11 is 0. The SMILES string of the molecule is CCOc1cccc(C(=O)O)c1OC(C)C(=O)NC(C)C. The van der Waals surface area contributed by atoms with Gasteiger partial charge in [-0.15, -0.1) is 0 Å². The minimum atomic E-state index is -1.14. The predicted octanol–water partition coefficient (Wildman–Crippen LogP) is 2.08. The summed E-state index contributed by atoms with van der Waals surface area (Å²) in [5, 5.41) is 11.9. The molecule has 0 aliphatic carbocycles. The van der Waals surface area contributed by atoms with E-state index in [1.807, 2.05) is 13.8 Å². The summed E-state index contributed by atoms with van der Waals surface area (Å²) in [4.78, 5) is 23.2. The number of amides is 1. The van der Waals surface area contributed by atoms with Gasteiger partial charge in [-0.25, -0.2) is 4.79 Å². The van der Waals surface area contributed by atoms with Gasteiger partial charge in [-0.2, -0.15) is 0 Å². The molecule has 0 aliphatic heterocycles. The Labute approximate surface area is 124 Å². The fourth-order valence-electron chi connectivity index (χ4n) is 1.71. The molecule has 1 amide bonds. The van der Waals surface area contributed by atoms with Crippen LogP contribution in [0.3, 0.4) is 0 Å². The van der Waals surface area contributed by atoms with E-state index < -0.39 is 12.1 Å². The van der Waals surface area contributed by atoms with Crippen molar-refractivity contribution in [2.45, 2.75) is 39.8 Å². The smallest absolute Gasteiger partial charge is 0.339 e. The molecule has 6 heteroatoms. The van der Waals surface area contributed by atoms with Crippen molar-refractivity contribution in [3.8, 4) is 11.5 Å². The molecule has 1 aromatic carbocycles. The molecule has 116 valence electrons. The summed E-state index contributed by atoms with van der Waals surface area (Å²) in [5.41, 5.74) is -0.0369. The van der Waals surface area contributed by atoms with Gasteiger partial charge >= 0.3 is 5.97 Å². The summed E-state index contributed by atoms with van der Waals surface area (Å²) in [6.45, 7) is 7.38. The number of ether oxygens (including phenoxy) is 2. The predicted molar refractivity (Wildman–Crippen MR) is 77.9 cm³/mol. The Hall–Kier alpha value is -2.24. The van der Waals surface area contributed by atoms with E-state index in [2.05, 4.69) is 5.32 Å². The number of nitrogens with one attached hydrogen (secondary N) is 1. The number of carboxylic acids is 1. The molecule has 0 saturated carbocycles. The standard InChI is InChI=1S/C15H21NO5/c1-5-20-12-8-6-7-11(15(18)19)13(12)21-10(4)14(17)16-9(2)3/h6-10H,5H2,1-4H3,(H,16,17)(H,18,19). The Morgan fingerprint density at radius 3 is 2.48 bits per heavy atom. The second-order valence-electron chi connectivity index (χ2n) is 4.79. The summed E-state index contributed by atoms with van der Waals surface area (Å²) in [7, 11) is 0. The van der Waals surface area contributed by atoms with E-state index in [9.17, 15) is 14.7 Å². The van der Waals surface area contributed by atoms with Gasteiger partial charge in [0.25, 0.3) is 5.91 Å². The lowest BCUT2D eigenvalue weighted by Crippen LogP contribution is -2.40. The fourth-order valence-corrected chi connectivity index (χ4v) is 1.71. The number of hydrogen-bond donors (Lipinski definition) is 2. The first-order valence-corrected chi connectivity index (χ1v) is 6.83. The highest BCUT2D eigenvalue weighted by atomic mass is 16.5. The Morgan fingerprint density at radius 2 is 1.95 bits per heavy atom. The highest BCUT2D eigenvalue weighted by molar-refractivity contribution is 5.92. The van der Waals surface area contributed by atoms with Crippen LogP contribution in [-0.2, 0) is 4.79 Å². The first-order valence-electron chi connectivity index (χ1n) is 6.83. The molecule has 0 saturated heterocycles. The van der Waals surface area contributed by atoms with Crippen molar-refractivity contribution in [2.75, 3.05) is 6.61 Å². The molecule has 1 rings (SSSR count). The van der Waals surface area contributed by atoms with Crippen LogP contribution in [0.1, 0.15) is 38.1 Å². The molecular formula is C15H21NO5. The molecule has 0 radical (unpaired) electrons. The van der Waals surface area contributed by atoms with Crippen molar-refractivity contribution in [3.05, 3.63) is 23.8 Å². The second-order valence-corrected chi connectivity index (χ2v) is 4.79. The number of para-hydroxylation sites is 1. The van der Waals surface area contributed by atoms with Crippen LogP contribution < -0.4 is 14.8 Å². The summed E-state index contributed by atoms with van der Waals surface area (Å²) in [6, 6.07) is 4.57. The number of benzene rings is 1. The molecule has 1 unspecified atom stereocenters. The molecule has 0 aromatic heterocycles. The van der Waals surface area contributed by atoms with Crippen LogP contribution in [0.2, 0.25) is 0 Å². The molecule has 0 bridgehead atoms. The van der Waals surface area contributed by atoms with Crippen molar-refractivity contribution in [1.82, 2.24) is 5.32 Å². The lowest BCUT2D eigenvalue weighted by Gasteiger charge is -2.19. The van der Waals surface area contributed by atoms with Gasteiger partial charge in [0, 0.05) is 6.04 Å². The van der Waals surface area contributed by atoms with Gasteiger partial charge in [0.15, 0.2) is 17.6 Å². The highest BCUT2D eigenvalue weighted by Crippen LogP contribution is 2.32. The number of rotatable bonds is 7. The molecular weight excluding hydrogens is 274 g/mol. The van der Waals surface area contributed by atoms with E-state index in [0.29, 0.717) is 12.4 Å². The topological polar surface area (TPSA) is 84.9 Å². The maximum atomic E-state index is 11.9. The highest BCUT2D eigenvalue weighted by Gasteiger charge is 2.22. The van der Waals surface area contributed by atoms with Gasteiger partial charge in [0.1, 0.15) is 5.56 Å². The minimum absolute atomic E-state index is 0.0235. The van der Waals surface area contributed by atoms with Gasteiger partial charge in [0.05, 0.1) is 6.61 Å². The number of aromatic carboxylic acids is 1. The van der Waals surface area contributed by atoms with Gasteiger partial charge in [-0.3, -0.25) is 4.79 Å². The average Bonchev–Trinajstić information content (AvgIpc) is 2.39. The number of carbonyl (C=O) groups is 2. The monoisotopic (exact) mass is 295 g/mol. The van der Waals surface area contributed by atoms with Crippen LogP contribution in [-0.4, -0.2) is 35.7 Å². The van der Waals surface area contributed by atoms with Crippen LogP contribution in [0.4, 0.5) is 0 Å². The van der Waals surface area contributed by atoms with Crippen molar-refractivity contribution in [2.24, 2.45) is 0 Å². The van der Waals surface area contributed by atoms with E-state index >= 15 is 0 Å². The Balaban J connectivity index is 3.04. The Morgan fingerprint density at radius 1 is 1.29 bits per heavy atom. The van der Waals surface area contributed by atoms with Gasteiger partial charge in [0.2, 0.25) is 0 Å². The van der Waals surface area contributed by atoms with Crippen LogP contribution in [0.25, 0.3) is 0 Å². The molecule has 0 aliphatic rings. The first-order chi connectivity index (χ1) is 9.86. The Bertz CT molecular complexity index is 513. The Kier molecular flexibility index (Phi) is 6.02. The van der Waals surface area contributed by atoms with Crippen LogP contribution in [0.15, 0.2) is 18.2 Å². The third-order valence-corrected chi connectivity index (χ3v) is 2.60. The zero-order valence-corrected chi connectivity index (χ0v) is 12.7. The molecule has 0 fully saturated rings. The molecule has 0 heterocycles. The van der Waals surface area contributed by atoms with Gasteiger partial charge in [-0.05, 0) is 39.8 Å². The lowest BCUT2D eigenvalue weighted by atomic mass is 10.2. The second kappa shape index (κ2) is 7.52. The number of carbonyl (C=O) groups excluding carboxylic acids is 1. The molecule has 2 N–H and O–H groups in total. The van der Waals surface area contributed by atoms with Crippen molar-refractivity contribution < 1.29 is 24.2 Å². The molecule has 0 spiro atoms. The zero-order valence-electron chi connectivity index (χ0n) is 12.7. The fraction of sp³-hybridized carbons (Fsp3) is 0.467. The van der Waals surface area contributed by atoms with Crippen molar-refractivity contribution in [1.29, 1.82) is 0 Å². The molecule has 6 nitrogen and oxygen atoms in total. The number of hydrogen-bond acceptors (Lipinski definition) is 4. The molecule has 1 atom stereocenters. The zero-order chi connectivity index (χ0) is 16.0. The molecule has 1 aromatic rings. The average molecular weight is 295 g/mol. The van der Waals surface area contributed by atoms with E-state index in [1.54, 1.807) is 26.0 Å². The molecule has 21 heavy (non-hydrogen) atoms. The first kappa shape index (κ1) is 16.8. The third kappa shape index (κ3) is 4.66.